The van der Waals surface area contributed by atoms with E-state index in [0.29, 0.717) is 24.9 Å². The first kappa shape index (κ1) is 17.7. The first-order valence-corrected chi connectivity index (χ1v) is 9.55. The third-order valence-electron chi connectivity index (χ3n) is 4.32. The molecule has 0 spiro atoms. The Kier molecular flexibility index (Phi) is 6.27. The van der Waals surface area contributed by atoms with E-state index in [4.69, 9.17) is 4.74 Å². The molecular formula is C17H23N5O2S. The van der Waals surface area contributed by atoms with Crippen LogP contribution in [0.25, 0.3) is 0 Å². The van der Waals surface area contributed by atoms with E-state index in [1.54, 1.807) is 11.9 Å². The van der Waals surface area contributed by atoms with Crippen LogP contribution in [0.15, 0.2) is 35.5 Å². The summed E-state index contributed by atoms with van der Waals surface area (Å²) in [4.78, 5) is 14.0. The molecule has 0 N–H and O–H groups in total. The van der Waals surface area contributed by atoms with Crippen LogP contribution < -0.4 is 4.74 Å². The number of hydrogen-bond acceptors (Lipinski definition) is 6. The van der Waals surface area contributed by atoms with Gasteiger partial charge in [0.2, 0.25) is 11.1 Å². The number of aromatic nitrogens is 4. The summed E-state index contributed by atoms with van der Waals surface area (Å²) in [6.45, 7) is 1.01. The number of tetrazole rings is 1. The summed E-state index contributed by atoms with van der Waals surface area (Å²) < 4.78 is 7.51. The van der Waals surface area contributed by atoms with Crippen LogP contribution in [-0.2, 0) is 4.79 Å². The number of ether oxygens (including phenoxy) is 1. The van der Waals surface area contributed by atoms with Crippen molar-refractivity contribution in [1.82, 2.24) is 25.1 Å². The van der Waals surface area contributed by atoms with Crippen molar-refractivity contribution in [2.45, 2.75) is 36.9 Å². The van der Waals surface area contributed by atoms with Crippen molar-refractivity contribution >= 4 is 17.7 Å². The summed E-state index contributed by atoms with van der Waals surface area (Å²) in [6, 6.07) is 9.98. The average molecular weight is 361 g/mol. The van der Waals surface area contributed by atoms with Gasteiger partial charge in [-0.3, -0.25) is 4.79 Å². The van der Waals surface area contributed by atoms with Gasteiger partial charge in [-0.25, -0.2) is 4.68 Å². The van der Waals surface area contributed by atoms with Crippen LogP contribution in [0, 0.1) is 0 Å². The Morgan fingerprint density at radius 3 is 2.84 bits per heavy atom. The van der Waals surface area contributed by atoms with Crippen LogP contribution in [0.2, 0.25) is 0 Å². The number of carbonyl (C=O) groups excluding carboxylic acids is 1. The zero-order valence-corrected chi connectivity index (χ0v) is 15.2. The third kappa shape index (κ3) is 4.94. The highest BCUT2D eigenvalue weighted by atomic mass is 32.2. The predicted octanol–water partition coefficient (Wildman–Crippen LogP) is 2.42. The molecule has 1 aliphatic rings. The molecule has 7 nitrogen and oxygen atoms in total. The number of hydrogen-bond donors (Lipinski definition) is 0. The molecule has 1 aliphatic carbocycles. The van der Waals surface area contributed by atoms with Crippen molar-refractivity contribution in [2.24, 2.45) is 0 Å². The van der Waals surface area contributed by atoms with Crippen molar-refractivity contribution in [1.29, 1.82) is 0 Å². The standard InChI is InChI=1S/C17H23N5O2S/c1-21(11-12-24-15-9-3-2-4-10-15)16(23)13-25-17-18-19-20-22(17)14-7-5-6-8-14/h2-4,9-10,14H,5-8,11-13H2,1H3. The maximum Gasteiger partial charge on any atom is 0.232 e. The van der Waals surface area contributed by atoms with E-state index >= 15 is 0 Å². The van der Waals surface area contributed by atoms with Crippen LogP contribution in [0.1, 0.15) is 31.7 Å². The van der Waals surface area contributed by atoms with E-state index in [9.17, 15) is 4.79 Å². The van der Waals surface area contributed by atoms with Crippen LogP contribution in [0.3, 0.4) is 0 Å². The normalized spacial score (nSPS) is 14.6. The molecule has 0 unspecified atom stereocenters. The summed E-state index contributed by atoms with van der Waals surface area (Å²) in [7, 11) is 1.79. The molecule has 3 rings (SSSR count). The highest BCUT2D eigenvalue weighted by Crippen LogP contribution is 2.31. The van der Waals surface area contributed by atoms with Gasteiger partial charge in [0.15, 0.2) is 0 Å². The minimum atomic E-state index is 0.0441. The monoisotopic (exact) mass is 361 g/mol. The minimum Gasteiger partial charge on any atom is -0.492 e. The van der Waals surface area contributed by atoms with E-state index in [1.807, 2.05) is 35.0 Å². The first-order valence-electron chi connectivity index (χ1n) is 8.56. The van der Waals surface area contributed by atoms with Crippen LogP contribution in [0.5, 0.6) is 5.75 Å². The lowest BCUT2D eigenvalue weighted by Gasteiger charge is -2.17. The zero-order valence-electron chi connectivity index (χ0n) is 14.4. The van der Waals surface area contributed by atoms with Crippen molar-refractivity contribution < 1.29 is 9.53 Å². The molecule has 1 amide bonds. The lowest BCUT2D eigenvalue weighted by atomic mass is 10.3. The van der Waals surface area contributed by atoms with Gasteiger partial charge in [-0.15, -0.1) is 5.10 Å². The molecule has 0 bridgehead atoms. The Hall–Kier alpha value is -2.09. The zero-order chi connectivity index (χ0) is 17.5. The highest BCUT2D eigenvalue weighted by molar-refractivity contribution is 7.99. The molecule has 2 aromatic rings. The quantitative estimate of drug-likeness (QED) is 0.672. The number of carbonyl (C=O) groups is 1. The van der Waals surface area contributed by atoms with E-state index in [2.05, 4.69) is 15.5 Å². The van der Waals surface area contributed by atoms with E-state index < -0.39 is 0 Å². The van der Waals surface area contributed by atoms with E-state index in [0.717, 1.165) is 23.7 Å². The van der Waals surface area contributed by atoms with E-state index in [-0.39, 0.29) is 5.91 Å². The Balaban J connectivity index is 1.42. The topological polar surface area (TPSA) is 73.1 Å². The number of amides is 1. The molecule has 8 heteroatoms. The van der Waals surface area contributed by atoms with Gasteiger partial charge in [0.1, 0.15) is 12.4 Å². The Bertz CT molecular complexity index is 673. The molecule has 1 aromatic heterocycles. The molecule has 0 atom stereocenters. The van der Waals surface area contributed by atoms with Gasteiger partial charge < -0.3 is 9.64 Å². The second kappa shape index (κ2) is 8.84. The lowest BCUT2D eigenvalue weighted by molar-refractivity contribution is -0.127. The maximum absolute atomic E-state index is 12.3. The minimum absolute atomic E-state index is 0.0441. The Morgan fingerprint density at radius 2 is 2.08 bits per heavy atom. The average Bonchev–Trinajstić information content (AvgIpc) is 3.31. The number of nitrogens with zero attached hydrogens (tertiary/aromatic N) is 5. The summed E-state index contributed by atoms with van der Waals surface area (Å²) in [6.07, 6.45) is 4.67. The molecule has 1 aromatic carbocycles. The highest BCUT2D eigenvalue weighted by Gasteiger charge is 2.22. The molecule has 1 fully saturated rings. The van der Waals surface area contributed by atoms with Gasteiger partial charge in [0, 0.05) is 7.05 Å². The number of rotatable bonds is 8. The molecule has 0 saturated heterocycles. The molecule has 0 radical (unpaired) electrons. The first-order chi connectivity index (χ1) is 12.2. The summed E-state index contributed by atoms with van der Waals surface area (Å²) >= 11 is 1.40. The van der Waals surface area contributed by atoms with E-state index in [1.165, 1.54) is 24.6 Å². The lowest BCUT2D eigenvalue weighted by Crippen LogP contribution is -2.32. The van der Waals surface area contributed by atoms with Gasteiger partial charge in [-0.2, -0.15) is 0 Å². The number of benzene rings is 1. The smallest absolute Gasteiger partial charge is 0.232 e. The molecule has 0 aliphatic heterocycles. The molecular weight excluding hydrogens is 338 g/mol. The maximum atomic E-state index is 12.3. The van der Waals surface area contributed by atoms with Crippen molar-refractivity contribution in [3.05, 3.63) is 30.3 Å². The number of para-hydroxylation sites is 1. The second-order valence-electron chi connectivity index (χ2n) is 6.11. The summed E-state index contributed by atoms with van der Waals surface area (Å²) in [5.41, 5.74) is 0. The van der Waals surface area contributed by atoms with Crippen molar-refractivity contribution in [2.75, 3.05) is 26.0 Å². The Labute approximate surface area is 151 Å². The molecule has 25 heavy (non-hydrogen) atoms. The fourth-order valence-electron chi connectivity index (χ4n) is 2.84. The van der Waals surface area contributed by atoms with Crippen molar-refractivity contribution in [3.8, 4) is 5.75 Å². The van der Waals surface area contributed by atoms with Gasteiger partial charge >= 0.3 is 0 Å². The van der Waals surface area contributed by atoms with Crippen LogP contribution >= 0.6 is 11.8 Å². The SMILES string of the molecule is CN(CCOc1ccccc1)C(=O)CSc1nnnn1C1CCCC1. The van der Waals surface area contributed by atoms with Crippen LogP contribution in [0.4, 0.5) is 0 Å². The Morgan fingerprint density at radius 1 is 1.32 bits per heavy atom. The van der Waals surface area contributed by atoms with Gasteiger partial charge in [0.25, 0.3) is 0 Å². The predicted molar refractivity (Wildman–Crippen MR) is 95.6 cm³/mol. The number of likely N-dealkylation sites (N-methyl/N-ethyl adjacent to an activating group) is 1. The third-order valence-corrected chi connectivity index (χ3v) is 5.24. The molecule has 1 saturated carbocycles. The fourth-order valence-corrected chi connectivity index (χ4v) is 3.72. The van der Waals surface area contributed by atoms with Gasteiger partial charge in [-0.05, 0) is 35.4 Å². The number of thioether (sulfide) groups is 1. The fraction of sp³-hybridized carbons (Fsp3) is 0.529. The van der Waals surface area contributed by atoms with Crippen molar-refractivity contribution in [3.63, 3.8) is 0 Å². The van der Waals surface area contributed by atoms with Gasteiger partial charge in [-0.1, -0.05) is 42.8 Å². The largest absolute Gasteiger partial charge is 0.492 e. The second-order valence-corrected chi connectivity index (χ2v) is 7.05. The summed E-state index contributed by atoms with van der Waals surface area (Å²) in [5, 5.41) is 12.7. The van der Waals surface area contributed by atoms with Crippen LogP contribution in [-0.4, -0.2) is 57.0 Å². The molecule has 1 heterocycles. The molecule has 134 valence electrons. The summed E-state index contributed by atoms with van der Waals surface area (Å²) in [5.74, 6) is 1.19. The van der Waals surface area contributed by atoms with Gasteiger partial charge in [0.05, 0.1) is 18.3 Å².